The fourth-order valence-electron chi connectivity index (χ4n) is 3.61. The number of nitrogens with two attached hydrogens (primary N) is 1. The number of benzene rings is 2. The molecule has 0 aliphatic heterocycles. The second kappa shape index (κ2) is 12.0. The molecule has 188 valence electrons. The predicted octanol–water partition coefficient (Wildman–Crippen LogP) is 2.74. The second-order valence-corrected chi connectivity index (χ2v) is 12.8. The minimum absolute atomic E-state index is 0.194. The highest BCUT2D eigenvalue weighted by molar-refractivity contribution is 7.89. The number of carbonyl (C=O) groups is 1. The Bertz CT molecular complexity index is 1120. The third-order valence-corrected chi connectivity index (χ3v) is 9.53. The van der Waals surface area contributed by atoms with E-state index in [9.17, 15) is 27.8 Å². The average Bonchev–Trinajstić information content (AvgIpc) is 2.79. The quantitative estimate of drug-likeness (QED) is 0.299. The molecule has 0 saturated heterocycles. The Balaban J connectivity index is 2.19. The zero-order valence-corrected chi connectivity index (χ0v) is 21.3. The lowest BCUT2D eigenvalue weighted by molar-refractivity contribution is -0.138. The lowest BCUT2D eigenvalue weighted by atomic mass is 9.99. The molecule has 2 aromatic rings. The van der Waals surface area contributed by atoms with Gasteiger partial charge in [-0.3, -0.25) is 9.36 Å². The number of ether oxygens (including phenoxy) is 1. The van der Waals surface area contributed by atoms with Crippen LogP contribution in [0.3, 0.4) is 0 Å². The van der Waals surface area contributed by atoms with E-state index in [1.54, 1.807) is 62.4 Å². The molecular formula is C23H33N2O7PS. The molecule has 0 fully saturated rings. The molecule has 0 amide bonds. The fourth-order valence-corrected chi connectivity index (χ4v) is 8.06. The molecule has 0 heterocycles. The third kappa shape index (κ3) is 7.92. The number of hydrogen-bond acceptors (Lipinski definition) is 6. The van der Waals surface area contributed by atoms with Crippen molar-refractivity contribution in [1.82, 2.24) is 4.72 Å². The molecule has 3 atom stereocenters. The number of rotatable bonds is 13. The lowest BCUT2D eigenvalue weighted by Crippen LogP contribution is -2.41. The second-order valence-electron chi connectivity index (χ2n) is 8.50. The minimum atomic E-state index is -4.28. The van der Waals surface area contributed by atoms with Crippen LogP contribution in [-0.2, 0) is 32.3 Å². The van der Waals surface area contributed by atoms with Crippen molar-refractivity contribution in [2.45, 2.75) is 38.5 Å². The van der Waals surface area contributed by atoms with Crippen LogP contribution < -0.4 is 15.2 Å². The lowest BCUT2D eigenvalue weighted by Gasteiger charge is -2.29. The topological polar surface area (TPSA) is 156 Å². The van der Waals surface area contributed by atoms with Crippen molar-refractivity contribution < 1.29 is 32.5 Å². The van der Waals surface area contributed by atoms with Crippen LogP contribution in [0.5, 0.6) is 5.75 Å². The Kier molecular flexibility index (Phi) is 9.84. The number of carboxylic acids is 1. The molecule has 0 bridgehead atoms. The molecule has 0 saturated carbocycles. The summed E-state index contributed by atoms with van der Waals surface area (Å²) >= 11 is 0. The number of carboxylic acid groups (broad SMARTS) is 1. The molecule has 0 spiro atoms. The van der Waals surface area contributed by atoms with Gasteiger partial charge in [-0.25, -0.2) is 13.1 Å². The highest BCUT2D eigenvalue weighted by Gasteiger charge is 2.40. The van der Waals surface area contributed by atoms with Crippen LogP contribution in [0.25, 0.3) is 0 Å². The van der Waals surface area contributed by atoms with Gasteiger partial charge >= 0.3 is 5.97 Å². The van der Waals surface area contributed by atoms with Crippen molar-refractivity contribution in [3.8, 4) is 5.75 Å². The number of nitrogens with one attached hydrogen (secondary N) is 1. The van der Waals surface area contributed by atoms with Crippen molar-refractivity contribution in [1.29, 1.82) is 0 Å². The summed E-state index contributed by atoms with van der Waals surface area (Å²) in [6.45, 7) is 3.42. The number of aryl methyl sites for hydroxylation is 1. The van der Waals surface area contributed by atoms with E-state index in [-0.39, 0.29) is 18.7 Å². The molecule has 11 heteroatoms. The number of methoxy groups -OCH3 is 1. The average molecular weight is 513 g/mol. The van der Waals surface area contributed by atoms with Gasteiger partial charge in [0.15, 0.2) is 0 Å². The maximum atomic E-state index is 13.3. The normalized spacial score (nSPS) is 15.5. The van der Waals surface area contributed by atoms with Gasteiger partial charge in [0.1, 0.15) is 11.5 Å². The summed E-state index contributed by atoms with van der Waals surface area (Å²) in [7, 11) is -6.68. The Morgan fingerprint density at radius 1 is 1.15 bits per heavy atom. The minimum Gasteiger partial charge on any atom is -0.497 e. The van der Waals surface area contributed by atoms with Crippen LogP contribution in [0.4, 0.5) is 0 Å². The van der Waals surface area contributed by atoms with Crippen molar-refractivity contribution >= 4 is 23.4 Å². The molecule has 3 unspecified atom stereocenters. The van der Waals surface area contributed by atoms with Gasteiger partial charge in [0.05, 0.1) is 18.8 Å². The van der Waals surface area contributed by atoms with Crippen molar-refractivity contribution in [3.05, 3.63) is 65.2 Å². The molecule has 0 aliphatic carbocycles. The van der Waals surface area contributed by atoms with E-state index in [4.69, 9.17) is 10.5 Å². The molecule has 0 aliphatic rings. The van der Waals surface area contributed by atoms with Gasteiger partial charge < -0.3 is 20.5 Å². The van der Waals surface area contributed by atoms with E-state index >= 15 is 0 Å². The maximum Gasteiger partial charge on any atom is 0.311 e. The summed E-state index contributed by atoms with van der Waals surface area (Å²) in [5.41, 5.74) is 7.43. The van der Waals surface area contributed by atoms with Gasteiger partial charge in [0, 0.05) is 12.7 Å². The van der Waals surface area contributed by atoms with Crippen LogP contribution in [0.1, 0.15) is 36.5 Å². The smallest absolute Gasteiger partial charge is 0.311 e. The molecule has 2 rings (SSSR count). The van der Waals surface area contributed by atoms with Gasteiger partial charge in [-0.1, -0.05) is 50.2 Å². The molecule has 0 radical (unpaired) electrons. The van der Waals surface area contributed by atoms with Crippen LogP contribution in [0, 0.1) is 5.92 Å². The summed E-state index contributed by atoms with van der Waals surface area (Å²) in [6, 6.07) is 13.5. The van der Waals surface area contributed by atoms with Gasteiger partial charge in [-0.05, 0) is 41.2 Å². The molecule has 2 aromatic carbocycles. The first kappa shape index (κ1) is 28.0. The number of hydrogen-bond donors (Lipinski definition) is 4. The van der Waals surface area contributed by atoms with E-state index in [0.29, 0.717) is 16.9 Å². The van der Waals surface area contributed by atoms with Gasteiger partial charge in [0.2, 0.25) is 17.4 Å². The largest absolute Gasteiger partial charge is 0.497 e. The SMILES string of the molecule is COc1ccc(CCS(=O)(=O)NC(C(C)C)P(=O)(O)CC(C(=O)O)c2cccc(CN)c2)cc1. The van der Waals surface area contributed by atoms with E-state index in [2.05, 4.69) is 4.72 Å². The molecule has 0 aromatic heterocycles. The van der Waals surface area contributed by atoms with E-state index in [1.807, 2.05) is 0 Å². The number of aliphatic carboxylic acids is 1. The van der Waals surface area contributed by atoms with Gasteiger partial charge in [-0.15, -0.1) is 0 Å². The number of sulfonamides is 1. The predicted molar refractivity (Wildman–Crippen MR) is 132 cm³/mol. The highest BCUT2D eigenvalue weighted by atomic mass is 32.2. The van der Waals surface area contributed by atoms with E-state index < -0.39 is 47.1 Å². The highest BCUT2D eigenvalue weighted by Crippen LogP contribution is 2.51. The van der Waals surface area contributed by atoms with Crippen LogP contribution in [-0.4, -0.2) is 49.2 Å². The first-order valence-corrected chi connectivity index (χ1v) is 14.4. The molecular weight excluding hydrogens is 479 g/mol. The molecule has 34 heavy (non-hydrogen) atoms. The first-order chi connectivity index (χ1) is 15.9. The van der Waals surface area contributed by atoms with Crippen LogP contribution in [0.2, 0.25) is 0 Å². The maximum absolute atomic E-state index is 13.3. The Morgan fingerprint density at radius 3 is 2.32 bits per heavy atom. The molecule has 5 N–H and O–H groups in total. The summed E-state index contributed by atoms with van der Waals surface area (Å²) in [5, 5.41) is 9.74. The van der Waals surface area contributed by atoms with Gasteiger partial charge in [-0.2, -0.15) is 0 Å². The Morgan fingerprint density at radius 2 is 1.79 bits per heavy atom. The van der Waals surface area contributed by atoms with E-state index in [0.717, 1.165) is 5.56 Å². The third-order valence-electron chi connectivity index (χ3n) is 5.52. The van der Waals surface area contributed by atoms with Crippen molar-refractivity contribution in [3.63, 3.8) is 0 Å². The Labute approximate surface area is 200 Å². The van der Waals surface area contributed by atoms with Crippen LogP contribution in [0.15, 0.2) is 48.5 Å². The van der Waals surface area contributed by atoms with Gasteiger partial charge in [0.25, 0.3) is 0 Å². The first-order valence-electron chi connectivity index (χ1n) is 10.8. The van der Waals surface area contributed by atoms with E-state index in [1.165, 1.54) is 7.11 Å². The monoisotopic (exact) mass is 512 g/mol. The fraction of sp³-hybridized carbons (Fsp3) is 0.435. The zero-order valence-electron chi connectivity index (χ0n) is 19.5. The summed E-state index contributed by atoms with van der Waals surface area (Å²) in [5.74, 6) is -4.07. The van der Waals surface area contributed by atoms with Crippen LogP contribution >= 0.6 is 7.37 Å². The standard InChI is InChI=1S/C23H33N2O7PS/c1-16(2)22(25-34(30,31)12-11-17-7-9-20(32-3)10-8-17)33(28,29)15-21(23(26)27)19-6-4-5-18(13-19)14-24/h4-10,13,16,21-22,25H,11-12,14-15,24H2,1-3H3,(H,26,27)(H,28,29). The zero-order chi connectivity index (χ0) is 25.5. The Hall–Kier alpha value is -2.23. The summed E-state index contributed by atoms with van der Waals surface area (Å²) in [4.78, 5) is 22.8. The summed E-state index contributed by atoms with van der Waals surface area (Å²) in [6.07, 6.45) is -0.413. The van der Waals surface area contributed by atoms with Crippen molar-refractivity contribution in [2.75, 3.05) is 19.0 Å². The molecule has 9 nitrogen and oxygen atoms in total. The summed E-state index contributed by atoms with van der Waals surface area (Å²) < 4.78 is 46.3. The van der Waals surface area contributed by atoms with Crippen molar-refractivity contribution in [2.24, 2.45) is 11.7 Å².